The monoisotopic (exact) mass is 335 g/mol. The van der Waals surface area contributed by atoms with Crippen molar-refractivity contribution in [3.8, 4) is 5.75 Å². The van der Waals surface area contributed by atoms with Gasteiger partial charge < -0.3 is 19.8 Å². The lowest BCUT2D eigenvalue weighted by molar-refractivity contribution is -0.161. The molecule has 0 aliphatic carbocycles. The number of phenolic OH excluding ortho intramolecular Hbond substituents is 1. The van der Waals surface area contributed by atoms with Crippen molar-refractivity contribution in [1.82, 2.24) is 4.90 Å². The predicted octanol–water partition coefficient (Wildman–Crippen LogP) is 2.89. The second-order valence-electron chi connectivity index (χ2n) is 7.29. The fourth-order valence-electron chi connectivity index (χ4n) is 3.05. The number of carbonyl (C=O) groups is 2. The number of carbonyl (C=O) groups excluding carboxylic acids is 1. The predicted molar refractivity (Wildman–Crippen MR) is 88.9 cm³/mol. The van der Waals surface area contributed by atoms with E-state index in [1.54, 1.807) is 18.2 Å². The van der Waals surface area contributed by atoms with Gasteiger partial charge in [-0.2, -0.15) is 0 Å². The molecule has 0 radical (unpaired) electrons. The molecule has 132 valence electrons. The summed E-state index contributed by atoms with van der Waals surface area (Å²) in [7, 11) is 0. The number of hydrogen-bond acceptors (Lipinski definition) is 4. The van der Waals surface area contributed by atoms with E-state index in [-0.39, 0.29) is 17.6 Å². The SMILES string of the molecule is CC(C)(C)OC(=O)[C@@H](Cc1cccc(O)c1)[C@H]1CCN(C(=O)O)C1. The molecule has 1 aliphatic rings. The lowest BCUT2D eigenvalue weighted by atomic mass is 9.86. The molecule has 6 nitrogen and oxygen atoms in total. The number of likely N-dealkylation sites (tertiary alicyclic amines) is 1. The van der Waals surface area contributed by atoms with Gasteiger partial charge in [0.1, 0.15) is 11.4 Å². The zero-order valence-corrected chi connectivity index (χ0v) is 14.4. The Bertz CT molecular complexity index is 608. The van der Waals surface area contributed by atoms with Crippen LogP contribution in [0.5, 0.6) is 5.75 Å². The Hall–Kier alpha value is -2.24. The van der Waals surface area contributed by atoms with Crippen LogP contribution in [-0.2, 0) is 16.0 Å². The van der Waals surface area contributed by atoms with Crippen LogP contribution in [-0.4, -0.2) is 45.9 Å². The van der Waals surface area contributed by atoms with Crippen LogP contribution in [0.2, 0.25) is 0 Å². The Labute approximate surface area is 142 Å². The van der Waals surface area contributed by atoms with Crippen LogP contribution in [0, 0.1) is 11.8 Å². The molecule has 24 heavy (non-hydrogen) atoms. The molecule has 1 heterocycles. The highest BCUT2D eigenvalue weighted by atomic mass is 16.6. The maximum absolute atomic E-state index is 12.7. The Morgan fingerprint density at radius 1 is 1.38 bits per heavy atom. The summed E-state index contributed by atoms with van der Waals surface area (Å²) >= 11 is 0. The van der Waals surface area contributed by atoms with Gasteiger partial charge in [0.2, 0.25) is 0 Å². The summed E-state index contributed by atoms with van der Waals surface area (Å²) in [6.07, 6.45) is 0.0917. The Morgan fingerprint density at radius 3 is 2.62 bits per heavy atom. The summed E-state index contributed by atoms with van der Waals surface area (Å²) in [5.74, 6) is -0.689. The smallest absolute Gasteiger partial charge is 0.407 e. The number of aromatic hydroxyl groups is 1. The number of benzene rings is 1. The second-order valence-corrected chi connectivity index (χ2v) is 7.29. The van der Waals surface area contributed by atoms with E-state index in [0.717, 1.165) is 5.56 Å². The number of amides is 1. The van der Waals surface area contributed by atoms with Crippen molar-refractivity contribution in [1.29, 1.82) is 0 Å². The van der Waals surface area contributed by atoms with E-state index in [0.29, 0.717) is 25.9 Å². The zero-order valence-electron chi connectivity index (χ0n) is 14.4. The third-order valence-corrected chi connectivity index (χ3v) is 4.14. The van der Waals surface area contributed by atoms with Crippen molar-refractivity contribution in [3.05, 3.63) is 29.8 Å². The fraction of sp³-hybridized carbons (Fsp3) is 0.556. The largest absolute Gasteiger partial charge is 0.508 e. The number of hydrogen-bond donors (Lipinski definition) is 2. The first-order chi connectivity index (χ1) is 11.2. The van der Waals surface area contributed by atoms with E-state index in [1.165, 1.54) is 4.90 Å². The first-order valence-electron chi connectivity index (χ1n) is 8.14. The van der Waals surface area contributed by atoms with E-state index in [1.807, 2.05) is 26.8 Å². The molecule has 0 unspecified atom stereocenters. The van der Waals surface area contributed by atoms with Gasteiger partial charge in [0.25, 0.3) is 0 Å². The molecule has 0 spiro atoms. The van der Waals surface area contributed by atoms with Crippen LogP contribution in [0.15, 0.2) is 24.3 Å². The Kier molecular flexibility index (Phi) is 5.36. The number of esters is 1. The highest BCUT2D eigenvalue weighted by Crippen LogP contribution is 2.30. The summed E-state index contributed by atoms with van der Waals surface area (Å²) in [5.41, 5.74) is 0.235. The fourth-order valence-corrected chi connectivity index (χ4v) is 3.05. The zero-order chi connectivity index (χ0) is 17.9. The topological polar surface area (TPSA) is 87.1 Å². The molecular weight excluding hydrogens is 310 g/mol. The van der Waals surface area contributed by atoms with Gasteiger partial charge in [-0.25, -0.2) is 4.79 Å². The maximum atomic E-state index is 12.7. The highest BCUT2D eigenvalue weighted by Gasteiger charge is 2.37. The van der Waals surface area contributed by atoms with Gasteiger partial charge in [0.15, 0.2) is 0 Å². The first kappa shape index (κ1) is 18.1. The molecule has 1 aromatic rings. The van der Waals surface area contributed by atoms with Crippen molar-refractivity contribution in [3.63, 3.8) is 0 Å². The number of rotatable bonds is 4. The molecule has 2 N–H and O–H groups in total. The minimum Gasteiger partial charge on any atom is -0.508 e. The van der Waals surface area contributed by atoms with E-state index in [2.05, 4.69) is 0 Å². The molecule has 0 saturated carbocycles. The lowest BCUT2D eigenvalue weighted by Gasteiger charge is -2.27. The average Bonchev–Trinajstić information content (AvgIpc) is 2.92. The van der Waals surface area contributed by atoms with Gasteiger partial charge in [0.05, 0.1) is 5.92 Å². The van der Waals surface area contributed by atoms with Gasteiger partial charge in [-0.05, 0) is 57.2 Å². The standard InChI is InChI=1S/C18H25NO5/c1-18(2,3)24-16(21)15(10-12-5-4-6-14(20)9-12)13-7-8-19(11-13)17(22)23/h4-6,9,13,15,20H,7-8,10-11H2,1-3H3,(H,22,23)/t13-,15-/m0/s1. The molecule has 1 aliphatic heterocycles. The molecular formula is C18H25NO5. The second kappa shape index (κ2) is 7.11. The van der Waals surface area contributed by atoms with Crippen LogP contribution < -0.4 is 0 Å². The molecule has 1 aromatic carbocycles. The molecule has 0 bridgehead atoms. The van der Waals surface area contributed by atoms with Crippen LogP contribution in [0.1, 0.15) is 32.8 Å². The van der Waals surface area contributed by atoms with Crippen LogP contribution in [0.4, 0.5) is 4.79 Å². The number of ether oxygens (including phenoxy) is 1. The number of nitrogens with zero attached hydrogens (tertiary/aromatic N) is 1. The van der Waals surface area contributed by atoms with E-state index in [9.17, 15) is 14.7 Å². The maximum Gasteiger partial charge on any atom is 0.407 e. The summed E-state index contributed by atoms with van der Waals surface area (Å²) in [6, 6.07) is 6.78. The number of phenols is 1. The van der Waals surface area contributed by atoms with E-state index >= 15 is 0 Å². The molecule has 1 saturated heterocycles. The van der Waals surface area contributed by atoms with Crippen molar-refractivity contribution >= 4 is 12.1 Å². The summed E-state index contributed by atoms with van der Waals surface area (Å²) in [4.78, 5) is 25.1. The van der Waals surface area contributed by atoms with E-state index in [4.69, 9.17) is 9.84 Å². The quantitative estimate of drug-likeness (QED) is 0.826. The average molecular weight is 335 g/mol. The molecule has 2 atom stereocenters. The minimum absolute atomic E-state index is 0.0849. The Morgan fingerprint density at radius 2 is 2.08 bits per heavy atom. The molecule has 1 amide bonds. The third-order valence-electron chi connectivity index (χ3n) is 4.14. The van der Waals surface area contributed by atoms with Crippen molar-refractivity contribution < 1.29 is 24.5 Å². The third kappa shape index (κ3) is 4.88. The summed E-state index contributed by atoms with van der Waals surface area (Å²) in [6.45, 7) is 6.20. The van der Waals surface area contributed by atoms with Gasteiger partial charge in [-0.15, -0.1) is 0 Å². The van der Waals surface area contributed by atoms with Crippen LogP contribution >= 0.6 is 0 Å². The molecule has 0 aromatic heterocycles. The first-order valence-corrected chi connectivity index (χ1v) is 8.14. The molecule has 6 heteroatoms. The molecule has 2 rings (SSSR count). The number of carboxylic acid groups (broad SMARTS) is 1. The van der Waals surface area contributed by atoms with Crippen molar-refractivity contribution in [2.24, 2.45) is 11.8 Å². The van der Waals surface area contributed by atoms with Crippen LogP contribution in [0.25, 0.3) is 0 Å². The molecule has 1 fully saturated rings. The van der Waals surface area contributed by atoms with Crippen LogP contribution in [0.3, 0.4) is 0 Å². The van der Waals surface area contributed by atoms with Crippen molar-refractivity contribution in [2.45, 2.75) is 39.2 Å². The van der Waals surface area contributed by atoms with Gasteiger partial charge in [-0.3, -0.25) is 4.79 Å². The lowest BCUT2D eigenvalue weighted by Crippen LogP contribution is -2.35. The normalized spacial score (nSPS) is 19.1. The van der Waals surface area contributed by atoms with Gasteiger partial charge in [0, 0.05) is 13.1 Å². The van der Waals surface area contributed by atoms with E-state index < -0.39 is 17.6 Å². The minimum atomic E-state index is -0.960. The van der Waals surface area contributed by atoms with Gasteiger partial charge in [-0.1, -0.05) is 12.1 Å². The highest BCUT2D eigenvalue weighted by molar-refractivity contribution is 5.74. The van der Waals surface area contributed by atoms with Gasteiger partial charge >= 0.3 is 12.1 Å². The van der Waals surface area contributed by atoms with Crippen molar-refractivity contribution in [2.75, 3.05) is 13.1 Å². The Balaban J connectivity index is 2.18. The summed E-state index contributed by atoms with van der Waals surface area (Å²) < 4.78 is 5.54. The summed E-state index contributed by atoms with van der Waals surface area (Å²) in [5, 5.41) is 18.8.